The fraction of sp³-hybridized carbons (Fsp3) is 1.00. The summed E-state index contributed by atoms with van der Waals surface area (Å²) in [4.78, 5) is 2.49. The fourth-order valence-electron chi connectivity index (χ4n) is 3.35. The molecule has 1 saturated carbocycles. The van der Waals surface area contributed by atoms with Gasteiger partial charge in [0.05, 0.1) is 0 Å². The van der Waals surface area contributed by atoms with Crippen molar-refractivity contribution in [2.45, 2.75) is 71.8 Å². The average Bonchev–Trinajstić information content (AvgIpc) is 2.50. The monoisotopic (exact) mass is 284 g/mol. The van der Waals surface area contributed by atoms with Crippen LogP contribution >= 0.6 is 0 Å². The molecule has 0 saturated heterocycles. The van der Waals surface area contributed by atoms with Gasteiger partial charge in [0.2, 0.25) is 0 Å². The lowest BCUT2D eigenvalue weighted by molar-refractivity contribution is 0.0784. The Morgan fingerprint density at radius 1 is 1.15 bits per heavy atom. The van der Waals surface area contributed by atoms with E-state index >= 15 is 0 Å². The molecule has 1 aliphatic rings. The molecular weight excluding hydrogens is 248 g/mol. The number of aliphatic hydroxyl groups is 1. The quantitative estimate of drug-likeness (QED) is 0.647. The van der Waals surface area contributed by atoms with Crippen LogP contribution < -0.4 is 5.32 Å². The Labute approximate surface area is 126 Å². The number of aliphatic hydroxyl groups excluding tert-OH is 1. The summed E-state index contributed by atoms with van der Waals surface area (Å²) in [7, 11) is 0. The summed E-state index contributed by atoms with van der Waals surface area (Å²) < 4.78 is 0. The summed E-state index contributed by atoms with van der Waals surface area (Å²) in [6, 6.07) is 0.566. The van der Waals surface area contributed by atoms with Gasteiger partial charge in [-0.1, -0.05) is 33.1 Å². The third kappa shape index (κ3) is 6.11. The van der Waals surface area contributed by atoms with Crippen LogP contribution in [0.4, 0.5) is 0 Å². The van der Waals surface area contributed by atoms with Gasteiger partial charge < -0.3 is 15.3 Å². The van der Waals surface area contributed by atoms with E-state index in [1.807, 2.05) is 0 Å². The number of nitrogens with one attached hydrogen (secondary N) is 1. The Morgan fingerprint density at radius 3 is 2.35 bits per heavy atom. The maximum absolute atomic E-state index is 9.72. The van der Waals surface area contributed by atoms with Crippen molar-refractivity contribution in [3.8, 4) is 0 Å². The zero-order chi connectivity index (χ0) is 14.8. The Kier molecular flexibility index (Phi) is 8.74. The van der Waals surface area contributed by atoms with Gasteiger partial charge in [0.25, 0.3) is 0 Å². The number of hydrogen-bond acceptors (Lipinski definition) is 3. The Hall–Kier alpha value is -0.120. The molecule has 0 radical (unpaired) electrons. The molecule has 0 aromatic carbocycles. The highest BCUT2D eigenvalue weighted by Gasteiger charge is 2.31. The van der Waals surface area contributed by atoms with Gasteiger partial charge >= 0.3 is 0 Å². The minimum absolute atomic E-state index is 0.172. The molecule has 0 aliphatic heterocycles. The summed E-state index contributed by atoms with van der Waals surface area (Å²) in [5.41, 5.74) is 0.172. The molecule has 0 bridgehead atoms. The molecule has 0 heterocycles. The first-order valence-corrected chi connectivity index (χ1v) is 8.72. The third-order valence-corrected chi connectivity index (χ3v) is 5.08. The van der Waals surface area contributed by atoms with Crippen molar-refractivity contribution in [2.24, 2.45) is 5.41 Å². The van der Waals surface area contributed by atoms with E-state index < -0.39 is 0 Å². The van der Waals surface area contributed by atoms with E-state index in [-0.39, 0.29) is 5.41 Å². The van der Waals surface area contributed by atoms with Gasteiger partial charge in [-0.05, 0) is 52.2 Å². The Bertz CT molecular complexity index is 235. The second-order valence-electron chi connectivity index (χ2n) is 6.67. The molecule has 3 nitrogen and oxygen atoms in total. The molecule has 0 aromatic rings. The highest BCUT2D eigenvalue weighted by atomic mass is 16.3. The second-order valence-corrected chi connectivity index (χ2v) is 6.67. The van der Waals surface area contributed by atoms with Crippen molar-refractivity contribution in [1.82, 2.24) is 10.2 Å². The van der Waals surface area contributed by atoms with Crippen LogP contribution in [0.5, 0.6) is 0 Å². The largest absolute Gasteiger partial charge is 0.396 e. The molecule has 1 aliphatic carbocycles. The van der Waals surface area contributed by atoms with Crippen molar-refractivity contribution in [3.05, 3.63) is 0 Å². The zero-order valence-electron chi connectivity index (χ0n) is 14.0. The van der Waals surface area contributed by atoms with Gasteiger partial charge in [0, 0.05) is 24.6 Å². The van der Waals surface area contributed by atoms with Crippen LogP contribution in [0, 0.1) is 5.41 Å². The van der Waals surface area contributed by atoms with Crippen LogP contribution in [-0.2, 0) is 0 Å². The summed E-state index contributed by atoms with van der Waals surface area (Å²) in [6.07, 6.45) is 8.82. The minimum atomic E-state index is 0.172. The van der Waals surface area contributed by atoms with Gasteiger partial charge in [-0.25, -0.2) is 0 Å². The zero-order valence-corrected chi connectivity index (χ0v) is 14.0. The van der Waals surface area contributed by atoms with Crippen LogP contribution in [-0.4, -0.2) is 48.8 Å². The molecule has 1 rings (SSSR count). The molecule has 3 heteroatoms. The van der Waals surface area contributed by atoms with Crippen LogP contribution in [0.1, 0.15) is 65.7 Å². The third-order valence-electron chi connectivity index (χ3n) is 5.08. The first-order chi connectivity index (χ1) is 9.65. The van der Waals surface area contributed by atoms with Crippen molar-refractivity contribution in [2.75, 3.05) is 32.8 Å². The lowest BCUT2D eigenvalue weighted by Crippen LogP contribution is -2.42. The molecule has 0 amide bonds. The van der Waals surface area contributed by atoms with E-state index in [0.717, 1.165) is 19.6 Å². The van der Waals surface area contributed by atoms with Crippen molar-refractivity contribution in [1.29, 1.82) is 0 Å². The molecule has 1 fully saturated rings. The first kappa shape index (κ1) is 17.9. The molecular formula is C17H36N2O. The van der Waals surface area contributed by atoms with Crippen LogP contribution in [0.15, 0.2) is 0 Å². The lowest BCUT2D eigenvalue weighted by Gasteiger charge is -2.36. The molecule has 120 valence electrons. The Morgan fingerprint density at radius 2 is 1.80 bits per heavy atom. The number of nitrogens with zero attached hydrogens (tertiary/aromatic N) is 1. The Balaban J connectivity index is 2.19. The van der Waals surface area contributed by atoms with E-state index in [2.05, 4.69) is 31.0 Å². The molecule has 0 aromatic heterocycles. The molecule has 1 unspecified atom stereocenters. The van der Waals surface area contributed by atoms with Gasteiger partial charge in [0.1, 0.15) is 0 Å². The van der Waals surface area contributed by atoms with E-state index in [1.54, 1.807) is 0 Å². The average molecular weight is 284 g/mol. The number of rotatable bonds is 10. The van der Waals surface area contributed by atoms with Gasteiger partial charge in [-0.3, -0.25) is 0 Å². The van der Waals surface area contributed by atoms with Crippen molar-refractivity contribution in [3.63, 3.8) is 0 Å². The first-order valence-electron chi connectivity index (χ1n) is 8.72. The highest BCUT2D eigenvalue weighted by Crippen LogP contribution is 2.35. The normalized spacial score (nSPS) is 20.2. The summed E-state index contributed by atoms with van der Waals surface area (Å²) in [5.74, 6) is 0. The summed E-state index contributed by atoms with van der Waals surface area (Å²) >= 11 is 0. The molecule has 20 heavy (non-hydrogen) atoms. The number of hydrogen-bond donors (Lipinski definition) is 2. The van der Waals surface area contributed by atoms with Gasteiger partial charge in [0.15, 0.2) is 0 Å². The maximum atomic E-state index is 9.72. The summed E-state index contributed by atoms with van der Waals surface area (Å²) in [6.45, 7) is 11.6. The second kappa shape index (κ2) is 9.75. The van der Waals surface area contributed by atoms with E-state index in [1.165, 1.54) is 51.5 Å². The van der Waals surface area contributed by atoms with E-state index in [0.29, 0.717) is 12.6 Å². The predicted octanol–water partition coefficient (Wildman–Crippen LogP) is 3.03. The minimum Gasteiger partial charge on any atom is -0.396 e. The van der Waals surface area contributed by atoms with E-state index in [4.69, 9.17) is 0 Å². The standard InChI is InChI=1S/C17H36N2O/c1-4-19(5-2)13-9-10-16(3)18-14-17(15-20)11-7-6-8-12-17/h16,18,20H,4-15H2,1-3H3. The lowest BCUT2D eigenvalue weighted by atomic mass is 9.74. The maximum Gasteiger partial charge on any atom is 0.0499 e. The van der Waals surface area contributed by atoms with Crippen molar-refractivity contribution < 1.29 is 5.11 Å². The summed E-state index contributed by atoms with van der Waals surface area (Å²) in [5, 5.41) is 13.4. The topological polar surface area (TPSA) is 35.5 Å². The van der Waals surface area contributed by atoms with Crippen LogP contribution in [0.2, 0.25) is 0 Å². The smallest absolute Gasteiger partial charge is 0.0499 e. The van der Waals surface area contributed by atoms with Gasteiger partial charge in [-0.15, -0.1) is 0 Å². The van der Waals surface area contributed by atoms with Gasteiger partial charge in [-0.2, -0.15) is 0 Å². The highest BCUT2D eigenvalue weighted by molar-refractivity contribution is 4.85. The molecule has 0 spiro atoms. The predicted molar refractivity (Wildman–Crippen MR) is 87.1 cm³/mol. The van der Waals surface area contributed by atoms with Crippen LogP contribution in [0.25, 0.3) is 0 Å². The molecule has 1 atom stereocenters. The molecule has 2 N–H and O–H groups in total. The van der Waals surface area contributed by atoms with Crippen molar-refractivity contribution >= 4 is 0 Å². The SMILES string of the molecule is CCN(CC)CCCC(C)NCC1(CO)CCCCC1. The van der Waals surface area contributed by atoms with E-state index in [9.17, 15) is 5.11 Å². The van der Waals surface area contributed by atoms with Crippen LogP contribution in [0.3, 0.4) is 0 Å². The fourth-order valence-corrected chi connectivity index (χ4v) is 3.35.